The van der Waals surface area contributed by atoms with Crippen LogP contribution >= 0.6 is 0 Å². The molecule has 0 spiro atoms. The number of alkyl halides is 6. The van der Waals surface area contributed by atoms with E-state index in [1.807, 2.05) is 0 Å². The van der Waals surface area contributed by atoms with Crippen LogP contribution in [-0.4, -0.2) is 37.8 Å². The lowest BCUT2D eigenvalue weighted by atomic mass is 9.72. The van der Waals surface area contributed by atoms with Gasteiger partial charge in [-0.05, 0) is 22.3 Å². The summed E-state index contributed by atoms with van der Waals surface area (Å²) in [5, 5.41) is 0. The molecule has 156 valence electrons. The van der Waals surface area contributed by atoms with E-state index in [9.17, 15) is 26.3 Å². The molecule has 2 saturated heterocycles. The third-order valence-corrected chi connectivity index (χ3v) is 5.36. The molecule has 2 aliphatic rings. The van der Waals surface area contributed by atoms with Crippen LogP contribution in [0.4, 0.5) is 26.3 Å². The van der Waals surface area contributed by atoms with E-state index >= 15 is 0 Å². The number of hydrogen-bond donors (Lipinski definition) is 0. The monoisotopic (exact) mass is 416 g/mol. The number of rotatable bonds is 6. The summed E-state index contributed by atoms with van der Waals surface area (Å²) < 4.78 is 94.9. The summed E-state index contributed by atoms with van der Waals surface area (Å²) in [6.07, 6.45) is -10.3. The van der Waals surface area contributed by atoms with Crippen LogP contribution in [0.2, 0.25) is 0 Å². The third kappa shape index (κ3) is 3.88. The summed E-state index contributed by atoms with van der Waals surface area (Å²) in [6.45, 7) is 1.10. The zero-order chi connectivity index (χ0) is 20.9. The molecule has 0 bridgehead atoms. The minimum Gasteiger partial charge on any atom is -0.373 e. The first-order valence-corrected chi connectivity index (χ1v) is 9.17. The fourth-order valence-corrected chi connectivity index (χ4v) is 3.66. The lowest BCUT2D eigenvalue weighted by molar-refractivity contribution is -0.288. The fraction of sp³-hybridized carbons (Fsp3) is 0.429. The van der Waals surface area contributed by atoms with Gasteiger partial charge >= 0.3 is 12.4 Å². The molecule has 0 N–H and O–H groups in total. The SMILES string of the molecule is FC(F)(F)C(c1ccc(CC2CO2)cc1)(c1ccc(CC2CO2)cc1)C(F)(F)F. The maximum atomic E-state index is 14.1. The van der Waals surface area contributed by atoms with Crippen LogP contribution in [-0.2, 0) is 27.7 Å². The standard InChI is InChI=1S/C21H18F6O2/c22-20(23,24)19(21(25,26)27,15-5-1-13(2-6-15)9-17-11-28-17)16-7-3-14(4-8-16)10-18-12-29-18/h1-8,17-18H,9-12H2. The molecular formula is C21H18F6O2. The van der Waals surface area contributed by atoms with Crippen molar-refractivity contribution in [3.05, 3.63) is 70.8 Å². The molecule has 4 rings (SSSR count). The molecular weight excluding hydrogens is 398 g/mol. The lowest BCUT2D eigenvalue weighted by Crippen LogP contribution is -2.54. The van der Waals surface area contributed by atoms with Gasteiger partial charge < -0.3 is 9.47 Å². The molecule has 29 heavy (non-hydrogen) atoms. The van der Waals surface area contributed by atoms with Gasteiger partial charge in [0.25, 0.3) is 0 Å². The zero-order valence-electron chi connectivity index (χ0n) is 15.2. The summed E-state index contributed by atoms with van der Waals surface area (Å²) in [6, 6.07) is 8.92. The Kier molecular flexibility index (Phi) is 4.90. The van der Waals surface area contributed by atoms with E-state index < -0.39 is 28.9 Å². The Morgan fingerprint density at radius 2 is 0.931 bits per heavy atom. The average molecular weight is 416 g/mol. The Morgan fingerprint density at radius 1 is 0.621 bits per heavy atom. The van der Waals surface area contributed by atoms with Crippen LogP contribution < -0.4 is 0 Å². The molecule has 2 atom stereocenters. The number of halogens is 6. The van der Waals surface area contributed by atoms with Crippen molar-refractivity contribution in [3.8, 4) is 0 Å². The Hall–Kier alpha value is -2.06. The van der Waals surface area contributed by atoms with Gasteiger partial charge in [-0.3, -0.25) is 0 Å². The Morgan fingerprint density at radius 3 is 1.17 bits per heavy atom. The van der Waals surface area contributed by atoms with E-state index in [2.05, 4.69) is 0 Å². The minimum atomic E-state index is -5.58. The van der Waals surface area contributed by atoms with Crippen LogP contribution in [0.25, 0.3) is 0 Å². The van der Waals surface area contributed by atoms with Crippen LogP contribution in [0, 0.1) is 0 Å². The molecule has 0 amide bonds. The van der Waals surface area contributed by atoms with Crippen molar-refractivity contribution in [2.75, 3.05) is 13.2 Å². The van der Waals surface area contributed by atoms with Gasteiger partial charge in [-0.1, -0.05) is 48.5 Å². The number of benzene rings is 2. The van der Waals surface area contributed by atoms with Gasteiger partial charge in [-0.25, -0.2) is 0 Å². The van der Waals surface area contributed by atoms with Crippen LogP contribution in [0.3, 0.4) is 0 Å². The molecule has 2 aliphatic heterocycles. The van der Waals surface area contributed by atoms with Crippen molar-refractivity contribution in [3.63, 3.8) is 0 Å². The van der Waals surface area contributed by atoms with Crippen LogP contribution in [0.15, 0.2) is 48.5 Å². The highest BCUT2D eigenvalue weighted by atomic mass is 19.4. The number of hydrogen-bond acceptors (Lipinski definition) is 2. The normalized spacial score (nSPS) is 21.9. The van der Waals surface area contributed by atoms with E-state index in [1.165, 1.54) is 24.3 Å². The second kappa shape index (κ2) is 7.02. The highest BCUT2D eigenvalue weighted by Gasteiger charge is 2.72. The lowest BCUT2D eigenvalue weighted by Gasteiger charge is -2.38. The maximum absolute atomic E-state index is 14.1. The summed E-state index contributed by atoms with van der Waals surface area (Å²) in [5.41, 5.74) is -4.54. The van der Waals surface area contributed by atoms with Crippen LogP contribution in [0.5, 0.6) is 0 Å². The smallest absolute Gasteiger partial charge is 0.373 e. The van der Waals surface area contributed by atoms with Gasteiger partial charge in [-0.15, -0.1) is 0 Å². The van der Waals surface area contributed by atoms with Crippen molar-refractivity contribution >= 4 is 0 Å². The molecule has 0 aromatic heterocycles. The highest BCUT2D eigenvalue weighted by Crippen LogP contribution is 2.56. The third-order valence-electron chi connectivity index (χ3n) is 5.36. The van der Waals surface area contributed by atoms with Gasteiger partial charge in [0.15, 0.2) is 0 Å². The number of ether oxygens (including phenoxy) is 2. The second-order valence-electron chi connectivity index (χ2n) is 7.46. The first-order valence-electron chi connectivity index (χ1n) is 9.17. The van der Waals surface area contributed by atoms with Gasteiger partial charge in [-0.2, -0.15) is 26.3 Å². The molecule has 2 aromatic carbocycles. The van der Waals surface area contributed by atoms with Crippen molar-refractivity contribution in [2.45, 2.75) is 42.8 Å². The topological polar surface area (TPSA) is 25.1 Å². The molecule has 2 unspecified atom stereocenters. The van der Waals surface area contributed by atoms with Gasteiger partial charge in [0, 0.05) is 12.8 Å². The molecule has 2 aromatic rings. The molecule has 8 heteroatoms. The minimum absolute atomic E-state index is 0.0150. The van der Waals surface area contributed by atoms with Crippen molar-refractivity contribution < 1.29 is 35.8 Å². The molecule has 2 nitrogen and oxygen atoms in total. The number of epoxide rings is 2. The first kappa shape index (κ1) is 20.2. The fourth-order valence-electron chi connectivity index (χ4n) is 3.66. The van der Waals surface area contributed by atoms with Crippen LogP contribution in [0.1, 0.15) is 22.3 Å². The Bertz CT molecular complexity index is 773. The van der Waals surface area contributed by atoms with Crippen molar-refractivity contribution in [1.29, 1.82) is 0 Å². The Balaban J connectivity index is 1.77. The highest BCUT2D eigenvalue weighted by molar-refractivity contribution is 5.45. The molecule has 0 saturated carbocycles. The summed E-state index contributed by atoms with van der Waals surface area (Å²) in [4.78, 5) is 0. The predicted octanol–water partition coefficient (Wildman–Crippen LogP) is 4.98. The van der Waals surface area contributed by atoms with E-state index in [0.29, 0.717) is 37.2 Å². The van der Waals surface area contributed by atoms with Gasteiger partial charge in [0.1, 0.15) is 0 Å². The summed E-state index contributed by atoms with van der Waals surface area (Å²) in [5.74, 6) is 0. The van der Waals surface area contributed by atoms with Gasteiger partial charge in [0.05, 0.1) is 25.4 Å². The molecule has 0 aliphatic carbocycles. The van der Waals surface area contributed by atoms with Crippen molar-refractivity contribution in [2.24, 2.45) is 0 Å². The largest absolute Gasteiger partial charge is 0.411 e. The zero-order valence-corrected chi connectivity index (χ0v) is 15.2. The second-order valence-corrected chi connectivity index (χ2v) is 7.46. The summed E-state index contributed by atoms with van der Waals surface area (Å²) >= 11 is 0. The predicted molar refractivity (Wildman–Crippen MR) is 92.7 cm³/mol. The van der Waals surface area contributed by atoms with E-state index in [-0.39, 0.29) is 12.2 Å². The van der Waals surface area contributed by atoms with Gasteiger partial charge in [0.2, 0.25) is 5.41 Å². The Labute approximate surface area is 163 Å². The maximum Gasteiger partial charge on any atom is 0.411 e. The summed E-state index contributed by atoms with van der Waals surface area (Å²) in [7, 11) is 0. The average Bonchev–Trinajstić information content (AvgIpc) is 3.53. The van der Waals surface area contributed by atoms with E-state index in [4.69, 9.17) is 9.47 Å². The van der Waals surface area contributed by atoms with Crippen molar-refractivity contribution in [1.82, 2.24) is 0 Å². The molecule has 2 fully saturated rings. The van der Waals surface area contributed by atoms with E-state index in [1.54, 1.807) is 0 Å². The molecule has 2 heterocycles. The quantitative estimate of drug-likeness (QED) is 0.490. The molecule has 0 radical (unpaired) electrons. The first-order chi connectivity index (χ1) is 13.6. The van der Waals surface area contributed by atoms with E-state index in [0.717, 1.165) is 24.3 Å².